The summed E-state index contributed by atoms with van der Waals surface area (Å²) < 4.78 is 0.486. The number of rotatable bonds is 3. The minimum absolute atomic E-state index is 0.129. The zero-order valence-corrected chi connectivity index (χ0v) is 10.6. The summed E-state index contributed by atoms with van der Waals surface area (Å²) in [7, 11) is 0. The van der Waals surface area contributed by atoms with Gasteiger partial charge in [0.05, 0.1) is 11.9 Å². The first-order chi connectivity index (χ1) is 8.56. The number of nitrogens with zero attached hydrogens (tertiary/aromatic N) is 1. The number of aromatic carboxylic acids is 1. The molecular weight excluding hydrogens is 302 g/mol. The number of aromatic nitrogens is 2. The third kappa shape index (κ3) is 2.75. The number of nitrogens with one attached hydrogen (secondary N) is 2. The van der Waals surface area contributed by atoms with E-state index in [2.05, 4.69) is 31.2 Å². The van der Waals surface area contributed by atoms with E-state index in [1.165, 1.54) is 18.5 Å². The smallest absolute Gasteiger partial charge is 0.336 e. The summed E-state index contributed by atoms with van der Waals surface area (Å²) in [6, 6.07) is 6.02. The van der Waals surface area contributed by atoms with Crippen LogP contribution in [0.1, 0.15) is 10.4 Å². The van der Waals surface area contributed by atoms with E-state index in [-0.39, 0.29) is 11.1 Å². The van der Waals surface area contributed by atoms with Crippen LogP contribution in [-0.2, 0) is 0 Å². The molecule has 3 N–H and O–H groups in total. The molecule has 2 rings (SSSR count). The molecule has 1 aromatic heterocycles. The van der Waals surface area contributed by atoms with Gasteiger partial charge in [0.2, 0.25) is 0 Å². The Bertz CT molecular complexity index is 654. The summed E-state index contributed by atoms with van der Waals surface area (Å²) in [5.41, 5.74) is 0.376. The van der Waals surface area contributed by atoms with Crippen molar-refractivity contribution in [3.63, 3.8) is 0 Å². The van der Waals surface area contributed by atoms with E-state index >= 15 is 0 Å². The lowest BCUT2D eigenvalue weighted by atomic mass is 10.2. The molecule has 0 aliphatic carbocycles. The number of aromatic amines is 1. The Balaban J connectivity index is 2.33. The second-order valence-electron chi connectivity index (χ2n) is 3.42. The van der Waals surface area contributed by atoms with E-state index in [0.29, 0.717) is 16.0 Å². The highest BCUT2D eigenvalue weighted by Gasteiger charge is 2.09. The molecule has 0 unspecified atom stereocenters. The van der Waals surface area contributed by atoms with Crippen molar-refractivity contribution in [2.45, 2.75) is 0 Å². The molecule has 18 heavy (non-hydrogen) atoms. The zero-order valence-electron chi connectivity index (χ0n) is 8.98. The quantitative estimate of drug-likeness (QED) is 0.805. The number of carbonyl (C=O) groups is 1. The highest BCUT2D eigenvalue weighted by molar-refractivity contribution is 9.10. The van der Waals surface area contributed by atoms with Gasteiger partial charge in [0.15, 0.2) is 0 Å². The molecule has 92 valence electrons. The van der Waals surface area contributed by atoms with Crippen molar-refractivity contribution in [2.75, 3.05) is 5.32 Å². The van der Waals surface area contributed by atoms with Crippen LogP contribution in [0.3, 0.4) is 0 Å². The van der Waals surface area contributed by atoms with Crippen LogP contribution in [0.25, 0.3) is 0 Å². The molecule has 0 fully saturated rings. The highest BCUT2D eigenvalue weighted by Crippen LogP contribution is 2.22. The SMILES string of the molecule is O=C(O)c1cc(Nc2cc(=O)[nH]cn2)ccc1Br. The van der Waals surface area contributed by atoms with Crippen LogP contribution in [-0.4, -0.2) is 21.0 Å². The van der Waals surface area contributed by atoms with Crippen molar-refractivity contribution in [2.24, 2.45) is 0 Å². The van der Waals surface area contributed by atoms with Crippen molar-refractivity contribution >= 4 is 33.4 Å². The number of anilines is 2. The largest absolute Gasteiger partial charge is 0.478 e. The van der Waals surface area contributed by atoms with Crippen LogP contribution in [0.4, 0.5) is 11.5 Å². The van der Waals surface area contributed by atoms with Crippen molar-refractivity contribution in [1.82, 2.24) is 9.97 Å². The molecule has 0 saturated heterocycles. The second kappa shape index (κ2) is 5.01. The molecule has 6 nitrogen and oxygen atoms in total. The molecule has 0 spiro atoms. The lowest BCUT2D eigenvalue weighted by Gasteiger charge is -2.06. The van der Waals surface area contributed by atoms with E-state index in [0.717, 1.165) is 0 Å². The summed E-state index contributed by atoms with van der Waals surface area (Å²) in [6.07, 6.45) is 1.27. The number of carboxylic acids is 1. The van der Waals surface area contributed by atoms with Gasteiger partial charge in [-0.1, -0.05) is 0 Å². The summed E-state index contributed by atoms with van der Waals surface area (Å²) in [6.45, 7) is 0. The predicted molar refractivity (Wildman–Crippen MR) is 69.2 cm³/mol. The van der Waals surface area contributed by atoms with Gasteiger partial charge in [-0.15, -0.1) is 0 Å². The molecule has 0 bridgehead atoms. The third-order valence-corrected chi connectivity index (χ3v) is 2.84. The van der Waals surface area contributed by atoms with Crippen LogP contribution < -0.4 is 10.9 Å². The topological polar surface area (TPSA) is 95.1 Å². The molecule has 0 aliphatic rings. The fraction of sp³-hybridized carbons (Fsp3) is 0. The fourth-order valence-electron chi connectivity index (χ4n) is 1.35. The molecule has 7 heteroatoms. The van der Waals surface area contributed by atoms with E-state index < -0.39 is 5.97 Å². The number of halogens is 1. The Hall–Kier alpha value is -2.15. The first kappa shape index (κ1) is 12.3. The highest BCUT2D eigenvalue weighted by atomic mass is 79.9. The predicted octanol–water partition coefficient (Wildman–Crippen LogP) is 1.97. The van der Waals surface area contributed by atoms with Crippen molar-refractivity contribution in [3.8, 4) is 0 Å². The summed E-state index contributed by atoms with van der Waals surface area (Å²) >= 11 is 3.15. The number of benzene rings is 1. The van der Waals surface area contributed by atoms with Gasteiger partial charge in [0, 0.05) is 16.2 Å². The Morgan fingerprint density at radius 2 is 2.17 bits per heavy atom. The number of hydrogen-bond donors (Lipinski definition) is 3. The van der Waals surface area contributed by atoms with Gasteiger partial charge in [-0.25, -0.2) is 9.78 Å². The third-order valence-electron chi connectivity index (χ3n) is 2.15. The fourth-order valence-corrected chi connectivity index (χ4v) is 1.77. The Labute approximate surface area is 110 Å². The van der Waals surface area contributed by atoms with Gasteiger partial charge in [-0.2, -0.15) is 0 Å². The maximum absolute atomic E-state index is 11.1. The monoisotopic (exact) mass is 309 g/mol. The maximum Gasteiger partial charge on any atom is 0.336 e. The number of carboxylic acid groups (broad SMARTS) is 1. The first-order valence-electron chi connectivity index (χ1n) is 4.91. The maximum atomic E-state index is 11.1. The molecule has 0 atom stereocenters. The van der Waals surface area contributed by atoms with Crippen LogP contribution in [0.15, 0.2) is 39.9 Å². The van der Waals surface area contributed by atoms with Crippen molar-refractivity contribution < 1.29 is 9.90 Å². The lowest BCUT2D eigenvalue weighted by molar-refractivity contribution is 0.0696. The average Bonchev–Trinajstić information content (AvgIpc) is 2.31. The first-order valence-corrected chi connectivity index (χ1v) is 5.70. The van der Waals surface area contributed by atoms with Crippen LogP contribution in [0.5, 0.6) is 0 Å². The van der Waals surface area contributed by atoms with Crippen LogP contribution in [0, 0.1) is 0 Å². The molecule has 2 aromatic rings. The van der Waals surface area contributed by atoms with E-state index in [1.807, 2.05) is 0 Å². The van der Waals surface area contributed by atoms with E-state index in [9.17, 15) is 9.59 Å². The molecule has 0 saturated carbocycles. The number of hydrogen-bond acceptors (Lipinski definition) is 4. The van der Waals surface area contributed by atoms with E-state index in [4.69, 9.17) is 5.11 Å². The van der Waals surface area contributed by atoms with Gasteiger partial charge in [-0.05, 0) is 34.1 Å². The van der Waals surface area contributed by atoms with Gasteiger partial charge >= 0.3 is 5.97 Å². The van der Waals surface area contributed by atoms with Crippen LogP contribution >= 0.6 is 15.9 Å². The second-order valence-corrected chi connectivity index (χ2v) is 4.28. The molecule has 0 amide bonds. The molecule has 1 aromatic carbocycles. The molecule has 0 radical (unpaired) electrons. The minimum atomic E-state index is -1.04. The molecular formula is C11H8BrN3O3. The Kier molecular flexibility index (Phi) is 3.42. The molecule has 1 heterocycles. The van der Waals surface area contributed by atoms with Crippen molar-refractivity contribution in [3.05, 3.63) is 51.0 Å². The Morgan fingerprint density at radius 1 is 1.39 bits per heavy atom. The summed E-state index contributed by atoms with van der Waals surface area (Å²) in [5, 5.41) is 11.8. The van der Waals surface area contributed by atoms with Gasteiger partial charge < -0.3 is 15.4 Å². The van der Waals surface area contributed by atoms with E-state index in [1.54, 1.807) is 12.1 Å². The molecule has 0 aliphatic heterocycles. The van der Waals surface area contributed by atoms with Gasteiger partial charge in [0.25, 0.3) is 5.56 Å². The van der Waals surface area contributed by atoms with Crippen LogP contribution in [0.2, 0.25) is 0 Å². The normalized spacial score (nSPS) is 10.1. The standard InChI is InChI=1S/C11H8BrN3O3/c12-8-2-1-6(3-7(8)11(17)18)15-9-4-10(16)14-5-13-9/h1-5H,(H,17,18)(H2,13,14,15,16). The van der Waals surface area contributed by atoms with Gasteiger partial charge in [0.1, 0.15) is 5.82 Å². The summed E-state index contributed by atoms with van der Waals surface area (Å²) in [5.74, 6) is -0.693. The lowest BCUT2D eigenvalue weighted by Crippen LogP contribution is -2.07. The summed E-state index contributed by atoms with van der Waals surface area (Å²) in [4.78, 5) is 28.3. The zero-order chi connectivity index (χ0) is 13.1. The van der Waals surface area contributed by atoms with Crippen molar-refractivity contribution in [1.29, 1.82) is 0 Å². The average molecular weight is 310 g/mol. The Morgan fingerprint density at radius 3 is 2.83 bits per heavy atom. The minimum Gasteiger partial charge on any atom is -0.478 e. The van der Waals surface area contributed by atoms with Gasteiger partial charge in [-0.3, -0.25) is 4.79 Å². The number of H-pyrrole nitrogens is 1.